The van der Waals surface area contributed by atoms with Crippen LogP contribution < -0.4 is 14.8 Å². The van der Waals surface area contributed by atoms with Crippen LogP contribution in [0.15, 0.2) is 12.1 Å². The van der Waals surface area contributed by atoms with Crippen LogP contribution >= 0.6 is 0 Å². The Labute approximate surface area is 113 Å². The molecule has 0 saturated carbocycles. The highest BCUT2D eigenvalue weighted by atomic mass is 32.2. The molecule has 6 nitrogen and oxygen atoms in total. The summed E-state index contributed by atoms with van der Waals surface area (Å²) in [7, 11) is -1.86. The topological polar surface area (TPSA) is 84.5 Å². The molecule has 1 amide bonds. The molecule has 0 saturated heterocycles. The number of hydrogen-bond acceptors (Lipinski definition) is 4. The number of benzene rings is 1. The van der Waals surface area contributed by atoms with Crippen LogP contribution in [0.4, 0.5) is 10.5 Å². The number of carbonyl (C=O) groups is 1. The number of rotatable bonds is 4. The second kappa shape index (κ2) is 5.92. The smallest absolute Gasteiger partial charge is 0.410 e. The summed E-state index contributed by atoms with van der Waals surface area (Å²) in [6.07, 6.45) is -0.569. The molecule has 1 aromatic carbocycles. The molecular weight excluding hydrogens is 268 g/mol. The van der Waals surface area contributed by atoms with Crippen molar-refractivity contribution in [1.29, 1.82) is 0 Å². The van der Waals surface area contributed by atoms with Crippen LogP contribution in [0.2, 0.25) is 0 Å². The third kappa shape index (κ3) is 4.13. The number of aryl methyl sites for hydroxylation is 2. The highest BCUT2D eigenvalue weighted by molar-refractivity contribution is 7.92. The molecule has 0 aliphatic rings. The number of hydrogen-bond donors (Lipinski definition) is 2. The zero-order chi connectivity index (χ0) is 14.6. The molecule has 19 heavy (non-hydrogen) atoms. The largest absolute Gasteiger partial charge is 0.412 e. The molecule has 106 valence electrons. The summed E-state index contributed by atoms with van der Waals surface area (Å²) in [6.45, 7) is 5.06. The maximum atomic E-state index is 11.6. The number of amides is 1. The van der Waals surface area contributed by atoms with Gasteiger partial charge in [0.05, 0.1) is 11.4 Å². The Morgan fingerprint density at radius 3 is 2.21 bits per heavy atom. The van der Waals surface area contributed by atoms with Crippen molar-refractivity contribution in [2.24, 2.45) is 0 Å². The lowest BCUT2D eigenvalue weighted by Crippen LogP contribution is -2.22. The second-order valence-electron chi connectivity index (χ2n) is 4.08. The van der Waals surface area contributed by atoms with Gasteiger partial charge in [0.1, 0.15) is 5.75 Å². The Bertz CT molecular complexity index is 558. The minimum absolute atomic E-state index is 0.00235. The van der Waals surface area contributed by atoms with Gasteiger partial charge in [-0.15, -0.1) is 0 Å². The van der Waals surface area contributed by atoms with Crippen LogP contribution in [0, 0.1) is 13.8 Å². The Kier molecular flexibility index (Phi) is 4.77. The van der Waals surface area contributed by atoms with Crippen LogP contribution in [0.5, 0.6) is 5.75 Å². The molecule has 0 bridgehead atoms. The van der Waals surface area contributed by atoms with Crippen molar-refractivity contribution in [3.8, 4) is 5.75 Å². The van der Waals surface area contributed by atoms with E-state index in [-0.39, 0.29) is 5.75 Å². The van der Waals surface area contributed by atoms with Crippen molar-refractivity contribution in [2.45, 2.75) is 20.8 Å². The monoisotopic (exact) mass is 286 g/mol. The molecule has 0 fully saturated rings. The Morgan fingerprint density at radius 1 is 1.26 bits per heavy atom. The van der Waals surface area contributed by atoms with Gasteiger partial charge in [0.25, 0.3) is 0 Å². The third-order valence-corrected chi connectivity index (χ3v) is 3.83. The Hall–Kier alpha value is -1.76. The summed E-state index contributed by atoms with van der Waals surface area (Å²) >= 11 is 0. The molecule has 0 aliphatic carbocycles. The lowest BCUT2D eigenvalue weighted by Gasteiger charge is -2.14. The molecule has 1 rings (SSSR count). The van der Waals surface area contributed by atoms with Gasteiger partial charge in [0, 0.05) is 7.05 Å². The van der Waals surface area contributed by atoms with Gasteiger partial charge in [0.15, 0.2) is 0 Å². The number of carbonyl (C=O) groups excluding carboxylic acids is 1. The normalized spacial score (nSPS) is 10.9. The van der Waals surface area contributed by atoms with Crippen LogP contribution in [0.25, 0.3) is 0 Å². The van der Waals surface area contributed by atoms with Crippen LogP contribution in [0.1, 0.15) is 18.1 Å². The van der Waals surface area contributed by atoms with Gasteiger partial charge < -0.3 is 10.1 Å². The summed E-state index contributed by atoms with van der Waals surface area (Å²) in [4.78, 5) is 11.1. The Morgan fingerprint density at radius 2 is 1.79 bits per heavy atom. The summed E-state index contributed by atoms with van der Waals surface area (Å²) < 4.78 is 30.7. The predicted octanol–water partition coefficient (Wildman–Crippen LogP) is 1.78. The predicted molar refractivity (Wildman–Crippen MR) is 74.1 cm³/mol. The first-order chi connectivity index (χ1) is 8.79. The van der Waals surface area contributed by atoms with Gasteiger partial charge in [-0.25, -0.2) is 13.2 Å². The zero-order valence-electron chi connectivity index (χ0n) is 11.4. The van der Waals surface area contributed by atoms with Crippen molar-refractivity contribution in [1.82, 2.24) is 5.32 Å². The molecule has 0 spiro atoms. The summed E-state index contributed by atoms with van der Waals surface area (Å²) in [5.74, 6) is 0.372. The maximum Gasteiger partial charge on any atom is 0.412 e. The van der Waals surface area contributed by atoms with E-state index in [0.29, 0.717) is 22.6 Å². The van der Waals surface area contributed by atoms with E-state index in [4.69, 9.17) is 4.74 Å². The van der Waals surface area contributed by atoms with Gasteiger partial charge in [-0.2, -0.15) is 0 Å². The number of nitrogens with one attached hydrogen (secondary N) is 2. The summed E-state index contributed by atoms with van der Waals surface area (Å²) in [6, 6.07) is 3.21. The fraction of sp³-hybridized carbons (Fsp3) is 0.417. The van der Waals surface area contributed by atoms with Gasteiger partial charge in [-0.1, -0.05) is 0 Å². The molecule has 0 heterocycles. The Balaban J connectivity index is 3.08. The molecule has 0 atom stereocenters. The van der Waals surface area contributed by atoms with Crippen LogP contribution in [-0.4, -0.2) is 27.3 Å². The average Bonchev–Trinajstić information content (AvgIpc) is 2.34. The van der Waals surface area contributed by atoms with E-state index >= 15 is 0 Å². The second-order valence-corrected chi connectivity index (χ2v) is 6.09. The molecule has 1 aromatic rings. The highest BCUT2D eigenvalue weighted by Crippen LogP contribution is 2.27. The van der Waals surface area contributed by atoms with Crippen molar-refractivity contribution in [2.75, 3.05) is 17.5 Å². The van der Waals surface area contributed by atoms with Crippen LogP contribution in [-0.2, 0) is 10.0 Å². The summed E-state index contributed by atoms with van der Waals surface area (Å²) in [5.41, 5.74) is 1.90. The highest BCUT2D eigenvalue weighted by Gasteiger charge is 2.13. The molecule has 7 heteroatoms. The van der Waals surface area contributed by atoms with Gasteiger partial charge in [-0.05, 0) is 44.0 Å². The first-order valence-corrected chi connectivity index (χ1v) is 7.45. The fourth-order valence-electron chi connectivity index (χ4n) is 1.53. The molecule has 0 aliphatic heterocycles. The third-order valence-electron chi connectivity index (χ3n) is 2.56. The number of ether oxygens (including phenoxy) is 1. The maximum absolute atomic E-state index is 11.6. The van der Waals surface area contributed by atoms with E-state index in [1.807, 2.05) is 0 Å². The quantitative estimate of drug-likeness (QED) is 0.883. The molecule has 0 aromatic heterocycles. The molecule has 2 N–H and O–H groups in total. The van der Waals surface area contributed by atoms with E-state index in [1.54, 1.807) is 32.9 Å². The van der Waals surface area contributed by atoms with Gasteiger partial charge in [0.2, 0.25) is 10.0 Å². The van der Waals surface area contributed by atoms with Crippen molar-refractivity contribution in [3.05, 3.63) is 23.3 Å². The minimum Gasteiger partial charge on any atom is -0.410 e. The molecule has 0 radical (unpaired) electrons. The van der Waals surface area contributed by atoms with Crippen molar-refractivity contribution in [3.63, 3.8) is 0 Å². The van der Waals surface area contributed by atoms with E-state index in [9.17, 15) is 13.2 Å². The standard InChI is InChI=1S/C12H18N2O4S/c1-5-19(16,17)14-11-8(2)6-10(7-9(11)3)18-12(15)13-4/h6-7,14H,5H2,1-4H3,(H,13,15). The van der Waals surface area contributed by atoms with E-state index < -0.39 is 16.1 Å². The van der Waals surface area contributed by atoms with Crippen LogP contribution in [0.3, 0.4) is 0 Å². The van der Waals surface area contributed by atoms with Gasteiger partial charge >= 0.3 is 6.09 Å². The minimum atomic E-state index is -3.33. The molecular formula is C12H18N2O4S. The van der Waals surface area contributed by atoms with E-state index in [0.717, 1.165) is 0 Å². The van der Waals surface area contributed by atoms with Crippen molar-refractivity contribution >= 4 is 21.8 Å². The first kappa shape index (κ1) is 15.3. The fourth-order valence-corrected chi connectivity index (χ4v) is 2.31. The average molecular weight is 286 g/mol. The zero-order valence-corrected chi connectivity index (χ0v) is 12.2. The van der Waals surface area contributed by atoms with Gasteiger partial charge in [-0.3, -0.25) is 4.72 Å². The van der Waals surface area contributed by atoms with E-state index in [2.05, 4.69) is 10.0 Å². The van der Waals surface area contributed by atoms with E-state index in [1.165, 1.54) is 7.05 Å². The number of sulfonamides is 1. The summed E-state index contributed by atoms with van der Waals surface area (Å²) in [5, 5.41) is 2.34. The first-order valence-electron chi connectivity index (χ1n) is 5.80. The van der Waals surface area contributed by atoms with Crippen molar-refractivity contribution < 1.29 is 17.9 Å². The lowest BCUT2D eigenvalue weighted by atomic mass is 10.1. The number of anilines is 1. The molecule has 0 unspecified atom stereocenters. The lowest BCUT2D eigenvalue weighted by molar-refractivity contribution is 0.203. The SMILES string of the molecule is CCS(=O)(=O)Nc1c(C)cc(OC(=O)NC)cc1C.